The minimum absolute atomic E-state index is 0.0624. The van der Waals surface area contributed by atoms with Crippen LogP contribution in [0.25, 0.3) is 0 Å². The average molecular weight is 697 g/mol. The van der Waals surface area contributed by atoms with Gasteiger partial charge in [-0.1, -0.05) is 46.3 Å². The number of amides is 3. The van der Waals surface area contributed by atoms with E-state index in [1.807, 2.05) is 63.2 Å². The van der Waals surface area contributed by atoms with Crippen molar-refractivity contribution in [3.8, 4) is 5.75 Å². The van der Waals surface area contributed by atoms with Gasteiger partial charge in [-0.3, -0.25) is 14.4 Å². The predicted octanol–water partition coefficient (Wildman–Crippen LogP) is 5.29. The Labute approximate surface area is 278 Å². The Morgan fingerprint density at radius 3 is 2.33 bits per heavy atom. The molecule has 2 aromatic carbocycles. The highest BCUT2D eigenvalue weighted by Crippen LogP contribution is 2.68. The zero-order valence-corrected chi connectivity index (χ0v) is 28.6. The largest absolute Gasteiger partial charge is 0.494 e. The highest BCUT2D eigenvalue weighted by atomic mass is 79.9. The summed E-state index contributed by atoms with van der Waals surface area (Å²) in [5, 5.41) is 9.58. The van der Waals surface area contributed by atoms with E-state index < -0.39 is 22.6 Å². The number of aryl methyl sites for hydroxylation is 2. The Morgan fingerprint density at radius 2 is 1.73 bits per heavy atom. The normalized spacial score (nSPS) is 26.5. The van der Waals surface area contributed by atoms with Gasteiger partial charge in [-0.2, -0.15) is 0 Å². The zero-order valence-electron chi connectivity index (χ0n) is 26.2. The molecule has 2 bridgehead atoms. The molecule has 3 saturated heterocycles. The van der Waals surface area contributed by atoms with Gasteiger partial charge in [0.25, 0.3) is 5.91 Å². The van der Waals surface area contributed by atoms with Gasteiger partial charge in [0.05, 0.1) is 23.2 Å². The summed E-state index contributed by atoms with van der Waals surface area (Å²) in [5.74, 6) is -1.15. The standard InChI is InChI=1S/C35H42BrN3O5S/c1-6-17-37(24-13-15-25(16-14-24)44-8-3)32(41)27-28-33(42)39(19-10-20-40)31(35(28)21-26(36)30(27)45-35)34(43)38(18-7-2)29-22(4)11-9-12-23(29)5/h6-7,9,11-16,26-28,30-31,40H,1-2,8,10,17-21H2,3-5H3/t26?,27-,28-,30-,31?,35?/m0/s1. The Morgan fingerprint density at radius 1 is 1.09 bits per heavy atom. The van der Waals surface area contributed by atoms with Crippen LogP contribution in [0.15, 0.2) is 67.8 Å². The molecule has 3 fully saturated rings. The summed E-state index contributed by atoms with van der Waals surface area (Å²) in [6.45, 7) is 14.9. The molecule has 2 aromatic rings. The maximum atomic E-state index is 14.9. The first-order valence-corrected chi connectivity index (χ1v) is 17.3. The van der Waals surface area contributed by atoms with Gasteiger partial charge in [-0.25, -0.2) is 0 Å². The van der Waals surface area contributed by atoms with E-state index in [0.717, 1.165) is 16.8 Å². The number of carbonyl (C=O) groups excluding carboxylic acids is 3. The highest BCUT2D eigenvalue weighted by molar-refractivity contribution is 9.09. The van der Waals surface area contributed by atoms with Crippen LogP contribution in [-0.4, -0.2) is 81.4 Å². The second-order valence-electron chi connectivity index (χ2n) is 11.9. The van der Waals surface area contributed by atoms with Crippen molar-refractivity contribution in [3.05, 3.63) is 78.9 Å². The summed E-state index contributed by atoms with van der Waals surface area (Å²) >= 11 is 5.48. The number of thioether (sulfide) groups is 1. The Balaban J connectivity index is 1.57. The average Bonchev–Trinajstić information content (AvgIpc) is 3.61. The topological polar surface area (TPSA) is 90.4 Å². The number of ether oxygens (including phenoxy) is 1. The number of anilines is 2. The fourth-order valence-corrected chi connectivity index (χ4v) is 11.1. The predicted molar refractivity (Wildman–Crippen MR) is 184 cm³/mol. The van der Waals surface area contributed by atoms with Gasteiger partial charge >= 0.3 is 0 Å². The molecule has 3 unspecified atom stereocenters. The van der Waals surface area contributed by atoms with Crippen molar-refractivity contribution in [2.45, 2.75) is 54.5 Å². The number of hydrogen-bond donors (Lipinski definition) is 1. The first-order chi connectivity index (χ1) is 21.6. The van der Waals surface area contributed by atoms with E-state index in [1.165, 1.54) is 0 Å². The minimum Gasteiger partial charge on any atom is -0.494 e. The number of alkyl halides is 1. The molecule has 0 aromatic heterocycles. The van der Waals surface area contributed by atoms with Crippen LogP contribution >= 0.6 is 27.7 Å². The van der Waals surface area contributed by atoms with Crippen molar-refractivity contribution in [2.24, 2.45) is 11.8 Å². The molecule has 3 heterocycles. The van der Waals surface area contributed by atoms with E-state index in [-0.39, 0.29) is 54.0 Å². The lowest BCUT2D eigenvalue weighted by Crippen LogP contribution is -2.56. The second kappa shape index (κ2) is 13.7. The van der Waals surface area contributed by atoms with Gasteiger partial charge in [-0.15, -0.1) is 24.9 Å². The van der Waals surface area contributed by atoms with Gasteiger partial charge in [0.1, 0.15) is 11.8 Å². The van der Waals surface area contributed by atoms with Crippen LogP contribution in [0.1, 0.15) is 30.9 Å². The van der Waals surface area contributed by atoms with E-state index in [4.69, 9.17) is 4.74 Å². The lowest BCUT2D eigenvalue weighted by atomic mass is 9.70. The van der Waals surface area contributed by atoms with Crippen molar-refractivity contribution < 1.29 is 24.2 Å². The molecule has 1 spiro atoms. The van der Waals surface area contributed by atoms with Crippen LogP contribution in [0.4, 0.5) is 11.4 Å². The Hall–Kier alpha value is -3.08. The fourth-order valence-electron chi connectivity index (χ4n) is 7.49. The molecule has 3 aliphatic rings. The van der Waals surface area contributed by atoms with Gasteiger partial charge in [0, 0.05) is 47.7 Å². The molecule has 3 aliphatic heterocycles. The molecular weight excluding hydrogens is 654 g/mol. The minimum atomic E-state index is -0.808. The van der Waals surface area contributed by atoms with Crippen LogP contribution in [0, 0.1) is 25.7 Å². The Kier molecular flexibility index (Phi) is 10.2. The molecule has 6 atom stereocenters. The van der Waals surface area contributed by atoms with Gasteiger partial charge in [-0.05, 0) is 69.0 Å². The quantitative estimate of drug-likeness (QED) is 0.226. The number of carbonyl (C=O) groups is 3. The maximum absolute atomic E-state index is 14.9. The number of halogens is 1. The molecule has 0 radical (unpaired) electrons. The van der Waals surface area contributed by atoms with E-state index in [1.54, 1.807) is 38.6 Å². The number of rotatable bonds is 13. The molecule has 5 rings (SSSR count). The van der Waals surface area contributed by atoms with Crippen LogP contribution < -0.4 is 14.5 Å². The monoisotopic (exact) mass is 695 g/mol. The lowest BCUT2D eigenvalue weighted by Gasteiger charge is -2.39. The first-order valence-electron chi connectivity index (χ1n) is 15.5. The van der Waals surface area contributed by atoms with Crippen LogP contribution in [0.2, 0.25) is 0 Å². The lowest BCUT2D eigenvalue weighted by molar-refractivity contribution is -0.139. The third-order valence-electron chi connectivity index (χ3n) is 9.19. The fraction of sp³-hybridized carbons (Fsp3) is 0.457. The van der Waals surface area contributed by atoms with Gasteiger partial charge in [0.2, 0.25) is 11.8 Å². The Bertz CT molecular complexity index is 1450. The van der Waals surface area contributed by atoms with Gasteiger partial charge < -0.3 is 24.5 Å². The van der Waals surface area contributed by atoms with Crippen molar-refractivity contribution >= 4 is 56.8 Å². The number of nitrogens with zero attached hydrogens (tertiary/aromatic N) is 3. The van der Waals surface area contributed by atoms with Crippen LogP contribution in [-0.2, 0) is 14.4 Å². The summed E-state index contributed by atoms with van der Waals surface area (Å²) < 4.78 is 4.80. The van der Waals surface area contributed by atoms with E-state index in [0.29, 0.717) is 30.9 Å². The number of aliphatic hydroxyl groups excluding tert-OH is 1. The van der Waals surface area contributed by atoms with Crippen molar-refractivity contribution in [1.29, 1.82) is 0 Å². The summed E-state index contributed by atoms with van der Waals surface area (Å²) in [6, 6.07) is 12.5. The number of hydrogen-bond acceptors (Lipinski definition) is 6. The smallest absolute Gasteiger partial charge is 0.251 e. The molecule has 0 aliphatic carbocycles. The molecule has 0 saturated carbocycles. The molecule has 3 amide bonds. The number of para-hydroxylation sites is 1. The molecule has 1 N–H and O–H groups in total. The first kappa shape index (κ1) is 33.3. The maximum Gasteiger partial charge on any atom is 0.251 e. The van der Waals surface area contributed by atoms with Crippen LogP contribution in [0.5, 0.6) is 5.75 Å². The van der Waals surface area contributed by atoms with Crippen LogP contribution in [0.3, 0.4) is 0 Å². The molecule has 8 nitrogen and oxygen atoms in total. The molecular formula is C35H42BrN3O5S. The molecule has 240 valence electrons. The van der Waals surface area contributed by atoms with E-state index in [2.05, 4.69) is 29.1 Å². The number of benzene rings is 2. The van der Waals surface area contributed by atoms with Gasteiger partial charge in [0.15, 0.2) is 0 Å². The second-order valence-corrected chi connectivity index (χ2v) is 14.6. The number of aliphatic hydroxyl groups is 1. The third-order valence-corrected chi connectivity index (χ3v) is 12.4. The molecule has 45 heavy (non-hydrogen) atoms. The number of likely N-dealkylation sites (tertiary alicyclic amines) is 1. The zero-order chi connectivity index (χ0) is 32.5. The van der Waals surface area contributed by atoms with E-state index >= 15 is 0 Å². The summed E-state index contributed by atoms with van der Waals surface area (Å²) in [5.41, 5.74) is 3.41. The van der Waals surface area contributed by atoms with Crippen molar-refractivity contribution in [1.82, 2.24) is 4.90 Å². The van der Waals surface area contributed by atoms with E-state index in [9.17, 15) is 19.5 Å². The summed E-state index contributed by atoms with van der Waals surface area (Å²) in [4.78, 5) is 49.0. The molecule has 10 heteroatoms. The van der Waals surface area contributed by atoms with Crippen molar-refractivity contribution in [3.63, 3.8) is 0 Å². The highest BCUT2D eigenvalue weighted by Gasteiger charge is 2.76. The SMILES string of the molecule is C=CCN(C(=O)[C@H]1[C@H]2C(=O)N(CCCO)C(C(=O)N(CC=C)c3c(C)cccc3C)C23CC(Br)[C@@H]1S3)c1ccc(OCC)cc1. The number of fused-ring (bicyclic) bond motifs is 1. The summed E-state index contributed by atoms with van der Waals surface area (Å²) in [6.07, 6.45) is 4.30. The summed E-state index contributed by atoms with van der Waals surface area (Å²) in [7, 11) is 0. The third kappa shape index (κ3) is 5.74. The van der Waals surface area contributed by atoms with Crippen molar-refractivity contribution in [2.75, 3.05) is 42.6 Å².